The quantitative estimate of drug-likeness (QED) is 0.450. The molecular formula is C20H23N3S2. The van der Waals surface area contributed by atoms with Crippen molar-refractivity contribution in [2.24, 2.45) is 0 Å². The Balaban J connectivity index is 1.84. The molecule has 0 fully saturated rings. The number of thiophene rings is 1. The van der Waals surface area contributed by atoms with Crippen molar-refractivity contribution in [3.8, 4) is 0 Å². The standard InChI is InChI=1S/C20H23N3S2/c1-3-23(13-14-9-5-4-6-10-14)18-17-15-11-7-8-12-16(15)25-19(17)22-20(21-18)24-2/h4-6,9-10H,3,7-8,11-13H2,1-2H3. The minimum Gasteiger partial charge on any atom is -0.352 e. The van der Waals surface area contributed by atoms with E-state index in [1.165, 1.54) is 51.9 Å². The van der Waals surface area contributed by atoms with Gasteiger partial charge >= 0.3 is 0 Å². The minimum absolute atomic E-state index is 0.882. The van der Waals surface area contributed by atoms with E-state index in [0.717, 1.165) is 24.1 Å². The van der Waals surface area contributed by atoms with Crippen LogP contribution in [0.4, 0.5) is 5.82 Å². The molecule has 0 amide bonds. The number of thioether (sulfide) groups is 1. The number of nitrogens with zero attached hydrogens (tertiary/aromatic N) is 3. The maximum absolute atomic E-state index is 4.95. The van der Waals surface area contributed by atoms with Crippen LogP contribution in [0.3, 0.4) is 0 Å². The fraction of sp³-hybridized carbons (Fsp3) is 0.400. The molecule has 1 aliphatic carbocycles. The van der Waals surface area contributed by atoms with Crippen molar-refractivity contribution in [1.29, 1.82) is 0 Å². The van der Waals surface area contributed by atoms with Crippen LogP contribution in [0.5, 0.6) is 0 Å². The molecule has 0 spiro atoms. The number of aryl methyl sites for hydroxylation is 2. The number of benzene rings is 1. The molecule has 1 aliphatic rings. The fourth-order valence-corrected chi connectivity index (χ4v) is 5.25. The lowest BCUT2D eigenvalue weighted by Gasteiger charge is -2.24. The lowest BCUT2D eigenvalue weighted by molar-refractivity contribution is 0.699. The third-order valence-electron chi connectivity index (χ3n) is 4.86. The van der Waals surface area contributed by atoms with Gasteiger partial charge < -0.3 is 4.90 Å². The summed E-state index contributed by atoms with van der Waals surface area (Å²) in [6.07, 6.45) is 7.03. The summed E-state index contributed by atoms with van der Waals surface area (Å²) in [6.45, 7) is 4.05. The molecular weight excluding hydrogens is 346 g/mol. The third-order valence-corrected chi connectivity index (χ3v) is 6.59. The van der Waals surface area contributed by atoms with E-state index in [1.807, 2.05) is 11.3 Å². The molecule has 2 heterocycles. The molecule has 5 heteroatoms. The number of rotatable bonds is 5. The lowest BCUT2D eigenvalue weighted by Crippen LogP contribution is -2.24. The Morgan fingerprint density at radius 3 is 2.68 bits per heavy atom. The summed E-state index contributed by atoms with van der Waals surface area (Å²) in [4.78, 5) is 14.9. The van der Waals surface area contributed by atoms with Crippen LogP contribution in [0, 0.1) is 0 Å². The first-order chi connectivity index (χ1) is 12.3. The zero-order valence-electron chi connectivity index (χ0n) is 14.8. The third kappa shape index (κ3) is 3.27. The molecule has 130 valence electrons. The van der Waals surface area contributed by atoms with Gasteiger partial charge in [0.15, 0.2) is 5.16 Å². The molecule has 0 radical (unpaired) electrons. The highest BCUT2D eigenvalue weighted by molar-refractivity contribution is 7.98. The van der Waals surface area contributed by atoms with Gasteiger partial charge in [0.05, 0.1) is 5.39 Å². The maximum atomic E-state index is 4.95. The fourth-order valence-electron chi connectivity index (χ4n) is 3.58. The molecule has 25 heavy (non-hydrogen) atoms. The van der Waals surface area contributed by atoms with Crippen LogP contribution in [-0.2, 0) is 19.4 Å². The molecule has 0 atom stereocenters. The normalized spacial score (nSPS) is 13.8. The first-order valence-electron chi connectivity index (χ1n) is 8.95. The molecule has 0 aliphatic heterocycles. The highest BCUT2D eigenvalue weighted by Crippen LogP contribution is 2.40. The van der Waals surface area contributed by atoms with E-state index in [2.05, 4.69) is 48.4 Å². The summed E-state index contributed by atoms with van der Waals surface area (Å²) in [5.41, 5.74) is 2.84. The average Bonchev–Trinajstić information content (AvgIpc) is 3.04. The number of aromatic nitrogens is 2. The van der Waals surface area contributed by atoms with Crippen molar-refractivity contribution in [1.82, 2.24) is 9.97 Å². The van der Waals surface area contributed by atoms with Gasteiger partial charge in [-0.1, -0.05) is 42.1 Å². The largest absolute Gasteiger partial charge is 0.352 e. The zero-order chi connectivity index (χ0) is 17.2. The van der Waals surface area contributed by atoms with E-state index in [4.69, 9.17) is 9.97 Å². The minimum atomic E-state index is 0.882. The van der Waals surface area contributed by atoms with Crippen LogP contribution in [-0.4, -0.2) is 22.8 Å². The molecule has 3 aromatic rings. The Labute approximate surface area is 157 Å². The molecule has 0 saturated carbocycles. The Bertz CT molecular complexity index is 874. The summed E-state index contributed by atoms with van der Waals surface area (Å²) >= 11 is 3.52. The van der Waals surface area contributed by atoms with Crippen LogP contribution >= 0.6 is 23.1 Å². The van der Waals surface area contributed by atoms with Crippen LogP contribution in [0.15, 0.2) is 35.5 Å². The van der Waals surface area contributed by atoms with Crippen molar-refractivity contribution in [3.63, 3.8) is 0 Å². The Morgan fingerprint density at radius 2 is 1.92 bits per heavy atom. The van der Waals surface area contributed by atoms with Gasteiger partial charge in [-0.3, -0.25) is 0 Å². The van der Waals surface area contributed by atoms with Crippen LogP contribution < -0.4 is 4.90 Å². The number of hydrogen-bond acceptors (Lipinski definition) is 5. The van der Waals surface area contributed by atoms with Gasteiger partial charge in [-0.15, -0.1) is 11.3 Å². The van der Waals surface area contributed by atoms with Crippen molar-refractivity contribution in [2.75, 3.05) is 17.7 Å². The van der Waals surface area contributed by atoms with Gasteiger partial charge in [0.2, 0.25) is 0 Å². The van der Waals surface area contributed by atoms with E-state index >= 15 is 0 Å². The smallest absolute Gasteiger partial charge is 0.190 e. The predicted octanol–water partition coefficient (Wildman–Crippen LogP) is 5.32. The zero-order valence-corrected chi connectivity index (χ0v) is 16.4. The van der Waals surface area contributed by atoms with Gasteiger partial charge in [-0.25, -0.2) is 9.97 Å². The van der Waals surface area contributed by atoms with Crippen LogP contribution in [0.1, 0.15) is 35.8 Å². The molecule has 0 unspecified atom stereocenters. The van der Waals surface area contributed by atoms with E-state index in [1.54, 1.807) is 11.8 Å². The van der Waals surface area contributed by atoms with Gasteiger partial charge in [0.25, 0.3) is 0 Å². The first-order valence-corrected chi connectivity index (χ1v) is 11.0. The summed E-state index contributed by atoms with van der Waals surface area (Å²) in [5, 5.41) is 2.20. The van der Waals surface area contributed by atoms with Crippen LogP contribution in [0.25, 0.3) is 10.2 Å². The van der Waals surface area contributed by atoms with Gasteiger partial charge in [-0.2, -0.15) is 0 Å². The Hall–Kier alpha value is -1.59. The highest BCUT2D eigenvalue weighted by atomic mass is 32.2. The topological polar surface area (TPSA) is 29.0 Å². The number of fused-ring (bicyclic) bond motifs is 3. The molecule has 4 rings (SSSR count). The molecule has 0 saturated heterocycles. The van der Waals surface area contributed by atoms with Crippen molar-refractivity contribution >= 4 is 39.1 Å². The highest BCUT2D eigenvalue weighted by Gasteiger charge is 2.23. The average molecular weight is 370 g/mol. The van der Waals surface area contributed by atoms with Crippen molar-refractivity contribution in [3.05, 3.63) is 46.3 Å². The summed E-state index contributed by atoms with van der Waals surface area (Å²) < 4.78 is 0. The van der Waals surface area contributed by atoms with Crippen LogP contribution in [0.2, 0.25) is 0 Å². The van der Waals surface area contributed by atoms with Gasteiger partial charge in [0.1, 0.15) is 10.6 Å². The predicted molar refractivity (Wildman–Crippen MR) is 109 cm³/mol. The van der Waals surface area contributed by atoms with Crippen molar-refractivity contribution < 1.29 is 0 Å². The van der Waals surface area contributed by atoms with E-state index in [0.29, 0.717) is 0 Å². The van der Waals surface area contributed by atoms with E-state index < -0.39 is 0 Å². The monoisotopic (exact) mass is 369 g/mol. The Kier molecular flexibility index (Phi) is 4.95. The first kappa shape index (κ1) is 16.9. The lowest BCUT2D eigenvalue weighted by atomic mass is 9.97. The Morgan fingerprint density at radius 1 is 1.12 bits per heavy atom. The molecule has 0 bridgehead atoms. The summed E-state index contributed by atoms with van der Waals surface area (Å²) in [7, 11) is 0. The number of anilines is 1. The SMILES string of the molecule is CCN(Cc1ccccc1)c1nc(SC)nc2sc3c(c12)CCCC3. The van der Waals surface area contributed by atoms with Crippen molar-refractivity contribution in [2.45, 2.75) is 44.3 Å². The number of hydrogen-bond donors (Lipinski definition) is 0. The summed E-state index contributed by atoms with van der Waals surface area (Å²) in [5.74, 6) is 1.13. The second kappa shape index (κ2) is 7.34. The second-order valence-corrected chi connectivity index (χ2v) is 8.28. The molecule has 0 N–H and O–H groups in total. The van der Waals surface area contributed by atoms with E-state index in [-0.39, 0.29) is 0 Å². The van der Waals surface area contributed by atoms with Gasteiger partial charge in [-0.05, 0) is 50.0 Å². The molecule has 2 aromatic heterocycles. The summed E-state index contributed by atoms with van der Waals surface area (Å²) in [6, 6.07) is 10.7. The maximum Gasteiger partial charge on any atom is 0.190 e. The molecule has 1 aromatic carbocycles. The molecule has 3 nitrogen and oxygen atoms in total. The second-order valence-electron chi connectivity index (χ2n) is 6.42. The van der Waals surface area contributed by atoms with Gasteiger partial charge in [0, 0.05) is 18.0 Å². The van der Waals surface area contributed by atoms with E-state index in [9.17, 15) is 0 Å².